The van der Waals surface area contributed by atoms with Crippen LogP contribution in [-0.4, -0.2) is 50.3 Å². The highest BCUT2D eigenvalue weighted by Crippen LogP contribution is 2.12. The lowest BCUT2D eigenvalue weighted by atomic mass is 10.0. The molecule has 0 saturated carbocycles. The number of rotatable bonds is 8. The minimum atomic E-state index is 0.691. The summed E-state index contributed by atoms with van der Waals surface area (Å²) in [5.74, 6) is 0.774. The van der Waals surface area contributed by atoms with Crippen molar-refractivity contribution in [3.63, 3.8) is 0 Å². The summed E-state index contributed by atoms with van der Waals surface area (Å²) >= 11 is 0. The molecule has 1 N–H and O–H groups in total. The Bertz CT molecular complexity index is 179. The lowest BCUT2D eigenvalue weighted by Crippen LogP contribution is -2.48. The van der Waals surface area contributed by atoms with Gasteiger partial charge in [-0.3, -0.25) is 4.90 Å². The fraction of sp³-hybridized carbons (Fsp3) is 1.00. The predicted molar refractivity (Wildman–Crippen MR) is 73.4 cm³/mol. The molecule has 1 atom stereocenters. The Hall–Kier alpha value is -0.120. The molecule has 0 bridgehead atoms. The smallest absolute Gasteiger partial charge is 0.0594 e. The molecule has 102 valence electrons. The number of hydrogen-bond donors (Lipinski definition) is 1. The van der Waals surface area contributed by atoms with Crippen molar-refractivity contribution < 1.29 is 4.74 Å². The third kappa shape index (κ3) is 6.39. The summed E-state index contributed by atoms with van der Waals surface area (Å²) in [4.78, 5) is 2.60. The molecule has 0 amide bonds. The van der Waals surface area contributed by atoms with E-state index in [0.717, 1.165) is 45.3 Å². The average molecular weight is 242 g/mol. The van der Waals surface area contributed by atoms with Crippen LogP contribution >= 0.6 is 0 Å². The fourth-order valence-corrected chi connectivity index (χ4v) is 2.42. The molecule has 0 aromatic carbocycles. The highest BCUT2D eigenvalue weighted by Gasteiger charge is 2.21. The molecule has 1 heterocycles. The molecular formula is C14H30N2O. The number of hydrogen-bond acceptors (Lipinski definition) is 3. The van der Waals surface area contributed by atoms with Crippen molar-refractivity contribution in [3.8, 4) is 0 Å². The summed E-state index contributed by atoms with van der Waals surface area (Å²) < 4.78 is 5.44. The van der Waals surface area contributed by atoms with Crippen molar-refractivity contribution in [2.75, 3.05) is 39.4 Å². The number of nitrogens with zero attached hydrogens (tertiary/aromatic N) is 1. The van der Waals surface area contributed by atoms with Crippen LogP contribution in [0.15, 0.2) is 0 Å². The van der Waals surface area contributed by atoms with Crippen LogP contribution in [0.25, 0.3) is 0 Å². The molecular weight excluding hydrogens is 212 g/mol. The maximum Gasteiger partial charge on any atom is 0.0594 e. The Labute approximate surface area is 107 Å². The van der Waals surface area contributed by atoms with Gasteiger partial charge in [0.1, 0.15) is 0 Å². The third-order valence-electron chi connectivity index (χ3n) is 3.39. The van der Waals surface area contributed by atoms with Gasteiger partial charge in [0.25, 0.3) is 0 Å². The number of ether oxygens (including phenoxy) is 1. The van der Waals surface area contributed by atoms with Gasteiger partial charge in [-0.25, -0.2) is 0 Å². The average Bonchev–Trinajstić information content (AvgIpc) is 2.34. The van der Waals surface area contributed by atoms with E-state index in [0.29, 0.717) is 6.04 Å². The first kappa shape index (κ1) is 14.9. The summed E-state index contributed by atoms with van der Waals surface area (Å²) in [6.45, 7) is 13.2. The van der Waals surface area contributed by atoms with Gasteiger partial charge in [0.2, 0.25) is 0 Å². The molecule has 0 radical (unpaired) electrons. The van der Waals surface area contributed by atoms with Gasteiger partial charge in [0, 0.05) is 25.7 Å². The zero-order chi connectivity index (χ0) is 12.5. The second-order valence-electron chi connectivity index (χ2n) is 5.49. The van der Waals surface area contributed by atoms with Crippen LogP contribution in [0.2, 0.25) is 0 Å². The van der Waals surface area contributed by atoms with Gasteiger partial charge in [0.15, 0.2) is 0 Å². The predicted octanol–water partition coefficient (Wildman–Crippen LogP) is 2.12. The lowest BCUT2D eigenvalue weighted by Gasteiger charge is -2.35. The summed E-state index contributed by atoms with van der Waals surface area (Å²) in [5.41, 5.74) is 0. The van der Waals surface area contributed by atoms with E-state index in [1.54, 1.807) is 0 Å². The van der Waals surface area contributed by atoms with Gasteiger partial charge in [-0.1, -0.05) is 27.2 Å². The standard InChI is InChI=1S/C14H30N2O/c1-4-5-6-15-12-14(11-13(2)3)16-7-9-17-10-8-16/h13-15H,4-12H2,1-3H3. The molecule has 3 heteroatoms. The Morgan fingerprint density at radius 2 is 1.94 bits per heavy atom. The largest absolute Gasteiger partial charge is 0.379 e. The van der Waals surface area contributed by atoms with Crippen LogP contribution in [0, 0.1) is 5.92 Å². The quantitative estimate of drug-likeness (QED) is 0.660. The van der Waals surface area contributed by atoms with E-state index in [2.05, 4.69) is 31.0 Å². The Morgan fingerprint density at radius 3 is 2.53 bits per heavy atom. The van der Waals surface area contributed by atoms with Crippen LogP contribution in [-0.2, 0) is 4.74 Å². The lowest BCUT2D eigenvalue weighted by molar-refractivity contribution is 0.0124. The molecule has 1 aliphatic rings. The number of morpholine rings is 1. The van der Waals surface area contributed by atoms with Gasteiger partial charge < -0.3 is 10.1 Å². The second-order valence-corrected chi connectivity index (χ2v) is 5.49. The Morgan fingerprint density at radius 1 is 1.24 bits per heavy atom. The Kier molecular flexibility index (Phi) is 7.82. The van der Waals surface area contributed by atoms with Gasteiger partial charge in [-0.15, -0.1) is 0 Å². The molecule has 3 nitrogen and oxygen atoms in total. The van der Waals surface area contributed by atoms with Gasteiger partial charge >= 0.3 is 0 Å². The third-order valence-corrected chi connectivity index (χ3v) is 3.39. The van der Waals surface area contributed by atoms with Gasteiger partial charge in [-0.05, 0) is 25.3 Å². The molecule has 0 aromatic heterocycles. The highest BCUT2D eigenvalue weighted by atomic mass is 16.5. The molecule has 1 aliphatic heterocycles. The molecule has 1 unspecified atom stereocenters. The molecule has 17 heavy (non-hydrogen) atoms. The first-order chi connectivity index (χ1) is 8.24. The molecule has 1 rings (SSSR count). The summed E-state index contributed by atoms with van der Waals surface area (Å²) in [5, 5.41) is 3.61. The van der Waals surface area contributed by atoms with E-state index in [4.69, 9.17) is 4.74 Å². The van der Waals surface area contributed by atoms with Crippen molar-refractivity contribution in [2.24, 2.45) is 5.92 Å². The topological polar surface area (TPSA) is 24.5 Å². The summed E-state index contributed by atoms with van der Waals surface area (Å²) in [6.07, 6.45) is 3.86. The van der Waals surface area contributed by atoms with Crippen molar-refractivity contribution in [1.82, 2.24) is 10.2 Å². The van der Waals surface area contributed by atoms with Crippen molar-refractivity contribution in [3.05, 3.63) is 0 Å². The second kappa shape index (κ2) is 8.90. The van der Waals surface area contributed by atoms with Gasteiger partial charge in [-0.2, -0.15) is 0 Å². The molecule has 0 aliphatic carbocycles. The van der Waals surface area contributed by atoms with Crippen molar-refractivity contribution in [1.29, 1.82) is 0 Å². The first-order valence-corrected chi connectivity index (χ1v) is 7.26. The van der Waals surface area contributed by atoms with E-state index >= 15 is 0 Å². The van der Waals surface area contributed by atoms with E-state index in [1.807, 2.05) is 0 Å². The van der Waals surface area contributed by atoms with E-state index in [9.17, 15) is 0 Å². The molecule has 0 spiro atoms. The summed E-state index contributed by atoms with van der Waals surface area (Å²) in [7, 11) is 0. The van der Waals surface area contributed by atoms with Crippen LogP contribution in [0.3, 0.4) is 0 Å². The van der Waals surface area contributed by atoms with Crippen LogP contribution < -0.4 is 5.32 Å². The van der Waals surface area contributed by atoms with Crippen LogP contribution in [0.4, 0.5) is 0 Å². The SMILES string of the molecule is CCCCNCC(CC(C)C)N1CCOCC1. The van der Waals surface area contributed by atoms with E-state index in [-0.39, 0.29) is 0 Å². The minimum Gasteiger partial charge on any atom is -0.379 e. The highest BCUT2D eigenvalue weighted by molar-refractivity contribution is 4.77. The fourth-order valence-electron chi connectivity index (χ4n) is 2.42. The number of unbranched alkanes of at least 4 members (excludes halogenated alkanes) is 1. The molecule has 0 aromatic rings. The maximum atomic E-state index is 5.44. The zero-order valence-electron chi connectivity index (χ0n) is 11.9. The first-order valence-electron chi connectivity index (χ1n) is 7.26. The monoisotopic (exact) mass is 242 g/mol. The van der Waals surface area contributed by atoms with Gasteiger partial charge in [0.05, 0.1) is 13.2 Å². The van der Waals surface area contributed by atoms with Crippen LogP contribution in [0.1, 0.15) is 40.0 Å². The summed E-state index contributed by atoms with van der Waals surface area (Å²) in [6, 6.07) is 0.691. The molecule has 1 saturated heterocycles. The maximum absolute atomic E-state index is 5.44. The van der Waals surface area contributed by atoms with Crippen molar-refractivity contribution in [2.45, 2.75) is 46.1 Å². The van der Waals surface area contributed by atoms with E-state index in [1.165, 1.54) is 19.3 Å². The Balaban J connectivity index is 2.30. The minimum absolute atomic E-state index is 0.691. The van der Waals surface area contributed by atoms with E-state index < -0.39 is 0 Å². The van der Waals surface area contributed by atoms with Crippen LogP contribution in [0.5, 0.6) is 0 Å². The van der Waals surface area contributed by atoms with Crippen molar-refractivity contribution >= 4 is 0 Å². The zero-order valence-corrected chi connectivity index (χ0v) is 11.9. The number of nitrogens with one attached hydrogen (secondary N) is 1. The molecule has 1 fully saturated rings. The normalized spacial score (nSPS) is 19.8.